The van der Waals surface area contributed by atoms with Crippen LogP contribution in [0.2, 0.25) is 0 Å². The van der Waals surface area contributed by atoms with Gasteiger partial charge in [-0.05, 0) is 29.8 Å². The Hall–Kier alpha value is -3.73. The molecule has 0 spiro atoms. The summed E-state index contributed by atoms with van der Waals surface area (Å²) in [7, 11) is -4.77. The van der Waals surface area contributed by atoms with Gasteiger partial charge in [0.05, 0.1) is 11.3 Å². The lowest BCUT2D eigenvalue weighted by atomic mass is 10.0. The summed E-state index contributed by atoms with van der Waals surface area (Å²) in [6.45, 7) is 0. The number of hydrogen-bond acceptors (Lipinski definition) is 5. The number of carbonyl (C=O) groups is 1. The third kappa shape index (κ3) is 4.56. The Labute approximate surface area is 174 Å². The molecule has 0 aromatic heterocycles. The summed E-state index contributed by atoms with van der Waals surface area (Å²) in [4.78, 5) is 9.91. The Morgan fingerprint density at radius 3 is 2.13 bits per heavy atom. The van der Waals surface area contributed by atoms with E-state index in [1.165, 1.54) is 24.3 Å². The molecule has 3 rings (SSSR count). The number of rotatable bonds is 5. The number of phenols is 2. The van der Waals surface area contributed by atoms with Crippen molar-refractivity contribution >= 4 is 21.7 Å². The number of aromatic hydroxyl groups is 2. The SMILES string of the molecule is O=C(O)c1ccc(NS(=O)(=O)c2cc(C(F)(F)F)cc(-c3ccccc3)c2O)cc1O. The maximum Gasteiger partial charge on any atom is 0.416 e. The molecule has 0 amide bonds. The fourth-order valence-corrected chi connectivity index (χ4v) is 3.99. The lowest BCUT2D eigenvalue weighted by Gasteiger charge is -2.16. The van der Waals surface area contributed by atoms with Gasteiger partial charge in [-0.1, -0.05) is 30.3 Å². The van der Waals surface area contributed by atoms with Gasteiger partial charge >= 0.3 is 12.1 Å². The molecule has 0 saturated heterocycles. The van der Waals surface area contributed by atoms with Gasteiger partial charge in [-0.2, -0.15) is 13.2 Å². The zero-order valence-electron chi connectivity index (χ0n) is 15.4. The van der Waals surface area contributed by atoms with Gasteiger partial charge in [-0.3, -0.25) is 4.72 Å². The Kier molecular flexibility index (Phi) is 5.55. The van der Waals surface area contributed by atoms with Crippen molar-refractivity contribution < 1.29 is 41.7 Å². The van der Waals surface area contributed by atoms with Gasteiger partial charge in [0.1, 0.15) is 22.0 Å². The van der Waals surface area contributed by atoms with Crippen LogP contribution in [0.1, 0.15) is 15.9 Å². The van der Waals surface area contributed by atoms with E-state index < -0.39 is 49.7 Å². The molecular formula is C20H14F3NO6S. The molecular weight excluding hydrogens is 439 g/mol. The first-order chi connectivity index (χ1) is 14.4. The number of benzene rings is 3. The van der Waals surface area contributed by atoms with Gasteiger partial charge in [0.2, 0.25) is 0 Å². The first-order valence-electron chi connectivity index (χ1n) is 8.49. The summed E-state index contributed by atoms with van der Waals surface area (Å²) in [6.07, 6.45) is -4.90. The van der Waals surface area contributed by atoms with E-state index in [2.05, 4.69) is 0 Å². The normalized spacial score (nSPS) is 11.8. The van der Waals surface area contributed by atoms with E-state index in [4.69, 9.17) is 5.11 Å². The summed E-state index contributed by atoms with van der Waals surface area (Å²) in [5.41, 5.74) is -2.31. The van der Waals surface area contributed by atoms with E-state index in [1.54, 1.807) is 6.07 Å². The topological polar surface area (TPSA) is 124 Å². The average Bonchev–Trinajstić information content (AvgIpc) is 2.67. The molecule has 162 valence electrons. The standard InChI is InChI=1S/C20H14F3NO6S/c21-20(22,23)12-8-15(11-4-2-1-3-5-11)18(26)17(9-12)31(29,30)24-13-6-7-14(19(27)28)16(25)10-13/h1-10,24-26H,(H,27,28). The molecule has 7 nitrogen and oxygen atoms in total. The number of hydrogen-bond donors (Lipinski definition) is 4. The molecule has 0 fully saturated rings. The number of aromatic carboxylic acids is 1. The van der Waals surface area contributed by atoms with Gasteiger partial charge in [0.25, 0.3) is 10.0 Å². The van der Waals surface area contributed by atoms with Gasteiger partial charge in [0, 0.05) is 11.6 Å². The van der Waals surface area contributed by atoms with Crippen LogP contribution in [0.5, 0.6) is 11.5 Å². The van der Waals surface area contributed by atoms with Gasteiger partial charge in [-0.15, -0.1) is 0 Å². The number of anilines is 1. The summed E-state index contributed by atoms with van der Waals surface area (Å²) < 4.78 is 67.7. The van der Waals surface area contributed by atoms with Crippen LogP contribution in [0.25, 0.3) is 11.1 Å². The highest BCUT2D eigenvalue weighted by atomic mass is 32.2. The number of nitrogens with one attached hydrogen (secondary N) is 1. The fraction of sp³-hybridized carbons (Fsp3) is 0.0500. The number of phenolic OH excluding ortho intramolecular Hbond substituents is 1. The quantitative estimate of drug-likeness (QED) is 0.457. The van der Waals surface area contributed by atoms with Crippen LogP contribution >= 0.6 is 0 Å². The van der Waals surface area contributed by atoms with Gasteiger partial charge in [-0.25, -0.2) is 13.2 Å². The number of halogens is 3. The first kappa shape index (κ1) is 22.0. The molecule has 3 aromatic rings. The molecule has 11 heteroatoms. The average molecular weight is 453 g/mol. The predicted molar refractivity (Wildman–Crippen MR) is 104 cm³/mol. The van der Waals surface area contributed by atoms with Crippen molar-refractivity contribution in [1.29, 1.82) is 0 Å². The van der Waals surface area contributed by atoms with E-state index in [0.29, 0.717) is 6.07 Å². The van der Waals surface area contributed by atoms with Gasteiger partial charge < -0.3 is 15.3 Å². The number of sulfonamides is 1. The Morgan fingerprint density at radius 2 is 1.58 bits per heavy atom. The third-order valence-electron chi connectivity index (χ3n) is 4.26. The Morgan fingerprint density at radius 1 is 0.935 bits per heavy atom. The molecule has 31 heavy (non-hydrogen) atoms. The summed E-state index contributed by atoms with van der Waals surface area (Å²) >= 11 is 0. The predicted octanol–water partition coefficient (Wildman–Crippen LogP) is 4.28. The van der Waals surface area contributed by atoms with Crippen LogP contribution in [0.3, 0.4) is 0 Å². The molecule has 0 radical (unpaired) electrons. The molecule has 0 aliphatic heterocycles. The number of carboxylic acids is 1. The van der Waals surface area contributed by atoms with Crippen LogP contribution in [-0.4, -0.2) is 29.7 Å². The van der Waals surface area contributed by atoms with Crippen LogP contribution in [0.15, 0.2) is 65.6 Å². The van der Waals surface area contributed by atoms with E-state index >= 15 is 0 Å². The molecule has 0 atom stereocenters. The second-order valence-corrected chi connectivity index (χ2v) is 8.03. The Balaban J connectivity index is 2.14. The van der Waals surface area contributed by atoms with Crippen LogP contribution in [0.4, 0.5) is 18.9 Å². The van der Waals surface area contributed by atoms with Gasteiger partial charge in [0.15, 0.2) is 0 Å². The lowest BCUT2D eigenvalue weighted by molar-refractivity contribution is -0.137. The van der Waals surface area contributed by atoms with Crippen LogP contribution in [0, 0.1) is 0 Å². The van der Waals surface area contributed by atoms with Crippen molar-refractivity contribution in [3.8, 4) is 22.6 Å². The lowest BCUT2D eigenvalue weighted by Crippen LogP contribution is -2.15. The first-order valence-corrected chi connectivity index (χ1v) is 9.97. The largest absolute Gasteiger partial charge is 0.507 e. The van der Waals surface area contributed by atoms with E-state index in [1.807, 2.05) is 4.72 Å². The molecule has 0 aliphatic carbocycles. The second-order valence-electron chi connectivity index (χ2n) is 6.38. The minimum atomic E-state index is -4.90. The van der Waals surface area contributed by atoms with E-state index in [0.717, 1.165) is 18.2 Å². The maximum absolute atomic E-state index is 13.4. The zero-order valence-corrected chi connectivity index (χ0v) is 16.2. The van der Waals surface area contributed by atoms with Crippen molar-refractivity contribution in [2.24, 2.45) is 0 Å². The highest BCUT2D eigenvalue weighted by Crippen LogP contribution is 2.41. The third-order valence-corrected chi connectivity index (χ3v) is 5.65. The zero-order chi connectivity index (χ0) is 23.0. The van der Waals surface area contributed by atoms with Crippen molar-refractivity contribution in [1.82, 2.24) is 0 Å². The van der Waals surface area contributed by atoms with Crippen LogP contribution < -0.4 is 4.72 Å². The monoisotopic (exact) mass is 453 g/mol. The number of alkyl halides is 3. The molecule has 0 unspecified atom stereocenters. The Bertz CT molecular complexity index is 1260. The smallest absolute Gasteiger partial charge is 0.416 e. The minimum absolute atomic E-state index is 0.158. The molecule has 0 bridgehead atoms. The molecule has 3 aromatic carbocycles. The number of carboxylic acid groups (broad SMARTS) is 1. The summed E-state index contributed by atoms with van der Waals surface area (Å²) in [6, 6.07) is 11.0. The molecule has 0 aliphatic rings. The second kappa shape index (κ2) is 7.84. The fourth-order valence-electron chi connectivity index (χ4n) is 2.80. The van der Waals surface area contributed by atoms with E-state index in [-0.39, 0.29) is 22.9 Å². The molecule has 0 saturated carbocycles. The van der Waals surface area contributed by atoms with E-state index in [9.17, 15) is 36.6 Å². The summed E-state index contributed by atoms with van der Waals surface area (Å²) in [5.74, 6) is -3.13. The van der Waals surface area contributed by atoms with Crippen molar-refractivity contribution in [2.75, 3.05) is 4.72 Å². The summed E-state index contributed by atoms with van der Waals surface area (Å²) in [5, 5.41) is 29.1. The van der Waals surface area contributed by atoms with Crippen molar-refractivity contribution in [3.05, 3.63) is 71.8 Å². The van der Waals surface area contributed by atoms with Crippen molar-refractivity contribution in [3.63, 3.8) is 0 Å². The minimum Gasteiger partial charge on any atom is -0.507 e. The van der Waals surface area contributed by atoms with Crippen molar-refractivity contribution in [2.45, 2.75) is 11.1 Å². The highest BCUT2D eigenvalue weighted by Gasteiger charge is 2.35. The maximum atomic E-state index is 13.4. The highest BCUT2D eigenvalue weighted by molar-refractivity contribution is 7.92. The van der Waals surface area contributed by atoms with Crippen LogP contribution in [-0.2, 0) is 16.2 Å². The molecule has 0 heterocycles. The molecule has 4 N–H and O–H groups in total.